The van der Waals surface area contributed by atoms with E-state index in [0.29, 0.717) is 13.2 Å². The van der Waals surface area contributed by atoms with Crippen LogP contribution in [0, 0.1) is 0 Å². The summed E-state index contributed by atoms with van der Waals surface area (Å²) >= 11 is 0. The first-order chi connectivity index (χ1) is 12.4. The van der Waals surface area contributed by atoms with Crippen LogP contribution in [0.1, 0.15) is 12.8 Å². The van der Waals surface area contributed by atoms with Crippen molar-refractivity contribution in [2.24, 2.45) is 4.99 Å². The minimum Gasteiger partial charge on any atom is -0.492 e. The zero-order chi connectivity index (χ0) is 17.6. The Morgan fingerprint density at radius 3 is 2.42 bits per heavy atom. The molecule has 6 nitrogen and oxygen atoms in total. The first kappa shape index (κ1) is 22.0. The number of halogens is 1. The molecule has 0 saturated heterocycles. The number of hydrogen-bond acceptors (Lipinski definition) is 4. The average Bonchev–Trinajstić information content (AvgIpc) is 2.67. The summed E-state index contributed by atoms with van der Waals surface area (Å²) in [4.78, 5) is 8.45. The SMILES string of the molecule is CN=C(NCCCCNc1ccccn1)NCCOc1ccccc1.I. The second kappa shape index (κ2) is 14.2. The van der Waals surface area contributed by atoms with Gasteiger partial charge in [0.25, 0.3) is 0 Å². The number of anilines is 1. The molecule has 2 rings (SSSR count). The molecule has 1 heterocycles. The highest BCUT2D eigenvalue weighted by Crippen LogP contribution is 2.07. The molecule has 7 heteroatoms. The summed E-state index contributed by atoms with van der Waals surface area (Å²) in [5.74, 6) is 2.60. The number of ether oxygens (including phenoxy) is 1. The summed E-state index contributed by atoms with van der Waals surface area (Å²) in [6.07, 6.45) is 3.92. The number of hydrogen-bond donors (Lipinski definition) is 3. The molecule has 3 N–H and O–H groups in total. The van der Waals surface area contributed by atoms with Crippen LogP contribution in [0.4, 0.5) is 5.82 Å². The number of para-hydroxylation sites is 1. The third-order valence-corrected chi connectivity index (χ3v) is 3.50. The zero-order valence-electron chi connectivity index (χ0n) is 15.1. The second-order valence-corrected chi connectivity index (χ2v) is 5.44. The van der Waals surface area contributed by atoms with Crippen LogP contribution in [0.15, 0.2) is 59.7 Å². The summed E-state index contributed by atoms with van der Waals surface area (Å²) in [6.45, 7) is 3.09. The Balaban J connectivity index is 0.00000338. The standard InChI is InChI=1S/C19H27N5O.HI/c1-20-19(24-15-16-25-17-9-3-2-4-10-17)23-14-8-7-13-22-18-11-5-6-12-21-18;/h2-6,9-12H,7-8,13-16H2,1H3,(H,21,22)(H2,20,23,24);1H. The summed E-state index contributed by atoms with van der Waals surface area (Å²) in [7, 11) is 1.77. The van der Waals surface area contributed by atoms with Crippen molar-refractivity contribution in [2.45, 2.75) is 12.8 Å². The number of pyridine rings is 1. The number of aromatic nitrogens is 1. The van der Waals surface area contributed by atoms with Gasteiger partial charge in [-0.15, -0.1) is 24.0 Å². The molecule has 0 amide bonds. The molecular formula is C19H28IN5O. The Kier molecular flexibility index (Phi) is 12.0. The van der Waals surface area contributed by atoms with Crippen LogP contribution in [0.2, 0.25) is 0 Å². The Morgan fingerprint density at radius 1 is 0.962 bits per heavy atom. The summed E-state index contributed by atoms with van der Waals surface area (Å²) < 4.78 is 5.64. The summed E-state index contributed by atoms with van der Waals surface area (Å²) in [5, 5.41) is 9.85. The Morgan fingerprint density at radius 2 is 1.69 bits per heavy atom. The molecule has 0 saturated carbocycles. The van der Waals surface area contributed by atoms with E-state index >= 15 is 0 Å². The number of aliphatic imine (C=N–C) groups is 1. The molecule has 0 radical (unpaired) electrons. The molecule has 0 fully saturated rings. The smallest absolute Gasteiger partial charge is 0.191 e. The van der Waals surface area contributed by atoms with E-state index in [1.807, 2.05) is 48.5 Å². The lowest BCUT2D eigenvalue weighted by Crippen LogP contribution is -2.39. The molecule has 0 aliphatic rings. The topological polar surface area (TPSA) is 70.6 Å². The number of nitrogens with zero attached hydrogens (tertiary/aromatic N) is 2. The molecule has 0 unspecified atom stereocenters. The van der Waals surface area contributed by atoms with Gasteiger partial charge in [-0.2, -0.15) is 0 Å². The van der Waals surface area contributed by atoms with Gasteiger partial charge in [0.1, 0.15) is 18.2 Å². The van der Waals surface area contributed by atoms with E-state index in [0.717, 1.165) is 43.5 Å². The molecule has 0 aliphatic heterocycles. The normalized spacial score (nSPS) is 10.6. The number of nitrogens with one attached hydrogen (secondary N) is 3. The van der Waals surface area contributed by atoms with Gasteiger partial charge in [-0.1, -0.05) is 24.3 Å². The number of rotatable bonds is 10. The maximum absolute atomic E-state index is 5.64. The van der Waals surface area contributed by atoms with Gasteiger partial charge in [-0.3, -0.25) is 4.99 Å². The Labute approximate surface area is 172 Å². The van der Waals surface area contributed by atoms with E-state index in [9.17, 15) is 0 Å². The molecule has 0 bridgehead atoms. The van der Waals surface area contributed by atoms with Crippen molar-refractivity contribution < 1.29 is 4.74 Å². The van der Waals surface area contributed by atoms with Crippen LogP contribution in [0.25, 0.3) is 0 Å². The lowest BCUT2D eigenvalue weighted by Gasteiger charge is -2.12. The van der Waals surface area contributed by atoms with Crippen LogP contribution < -0.4 is 20.7 Å². The first-order valence-corrected chi connectivity index (χ1v) is 8.66. The molecule has 0 spiro atoms. The third-order valence-electron chi connectivity index (χ3n) is 3.50. The highest BCUT2D eigenvalue weighted by atomic mass is 127. The van der Waals surface area contributed by atoms with Crippen LogP contribution in [0.3, 0.4) is 0 Å². The van der Waals surface area contributed by atoms with Crippen LogP contribution in [-0.2, 0) is 0 Å². The van der Waals surface area contributed by atoms with E-state index in [1.54, 1.807) is 13.2 Å². The van der Waals surface area contributed by atoms with Crippen molar-refractivity contribution in [3.63, 3.8) is 0 Å². The predicted octanol–water partition coefficient (Wildman–Crippen LogP) is 3.14. The fourth-order valence-corrected chi connectivity index (χ4v) is 2.22. The highest BCUT2D eigenvalue weighted by Gasteiger charge is 1.98. The largest absolute Gasteiger partial charge is 0.492 e. The fraction of sp³-hybridized carbons (Fsp3) is 0.368. The third kappa shape index (κ3) is 9.45. The van der Waals surface area contributed by atoms with Crippen molar-refractivity contribution in [2.75, 3.05) is 38.6 Å². The first-order valence-electron chi connectivity index (χ1n) is 8.66. The second-order valence-electron chi connectivity index (χ2n) is 5.44. The minimum absolute atomic E-state index is 0. The van der Waals surface area contributed by atoms with E-state index in [-0.39, 0.29) is 24.0 Å². The maximum Gasteiger partial charge on any atom is 0.191 e. The van der Waals surface area contributed by atoms with Gasteiger partial charge in [-0.25, -0.2) is 4.98 Å². The highest BCUT2D eigenvalue weighted by molar-refractivity contribution is 14.0. The van der Waals surface area contributed by atoms with Gasteiger partial charge >= 0.3 is 0 Å². The molecule has 1 aromatic heterocycles. The van der Waals surface area contributed by atoms with Crippen LogP contribution >= 0.6 is 24.0 Å². The van der Waals surface area contributed by atoms with Crippen molar-refractivity contribution in [3.8, 4) is 5.75 Å². The van der Waals surface area contributed by atoms with Crippen LogP contribution in [0.5, 0.6) is 5.75 Å². The lowest BCUT2D eigenvalue weighted by molar-refractivity contribution is 0.322. The lowest BCUT2D eigenvalue weighted by atomic mass is 10.3. The molecular weight excluding hydrogens is 441 g/mol. The van der Waals surface area contributed by atoms with E-state index in [4.69, 9.17) is 4.74 Å². The van der Waals surface area contributed by atoms with Crippen LogP contribution in [-0.4, -0.2) is 44.2 Å². The van der Waals surface area contributed by atoms with Gasteiger partial charge in [0.2, 0.25) is 0 Å². The van der Waals surface area contributed by atoms with Crippen molar-refractivity contribution in [1.82, 2.24) is 15.6 Å². The van der Waals surface area contributed by atoms with E-state index in [1.165, 1.54) is 0 Å². The molecule has 26 heavy (non-hydrogen) atoms. The number of guanidine groups is 1. The average molecular weight is 469 g/mol. The summed E-state index contributed by atoms with van der Waals surface area (Å²) in [5.41, 5.74) is 0. The Hall–Kier alpha value is -2.03. The molecule has 1 aromatic carbocycles. The quantitative estimate of drug-likeness (QED) is 0.216. The van der Waals surface area contributed by atoms with Crippen molar-refractivity contribution >= 4 is 35.8 Å². The number of unbranched alkanes of at least 4 members (excludes halogenated alkanes) is 1. The van der Waals surface area contributed by atoms with E-state index in [2.05, 4.69) is 25.9 Å². The predicted molar refractivity (Wildman–Crippen MR) is 119 cm³/mol. The zero-order valence-corrected chi connectivity index (χ0v) is 17.5. The summed E-state index contributed by atoms with van der Waals surface area (Å²) in [6, 6.07) is 15.7. The monoisotopic (exact) mass is 469 g/mol. The van der Waals surface area contributed by atoms with E-state index < -0.39 is 0 Å². The fourth-order valence-electron chi connectivity index (χ4n) is 2.22. The maximum atomic E-state index is 5.64. The Bertz CT molecular complexity index is 610. The van der Waals surface area contributed by atoms with Gasteiger partial charge < -0.3 is 20.7 Å². The molecule has 0 aliphatic carbocycles. The van der Waals surface area contributed by atoms with Crippen molar-refractivity contribution in [3.05, 3.63) is 54.7 Å². The van der Waals surface area contributed by atoms with Gasteiger partial charge in [0.15, 0.2) is 5.96 Å². The van der Waals surface area contributed by atoms with Crippen molar-refractivity contribution in [1.29, 1.82) is 0 Å². The molecule has 142 valence electrons. The molecule has 2 aromatic rings. The number of benzene rings is 1. The van der Waals surface area contributed by atoms with Gasteiger partial charge in [-0.05, 0) is 37.1 Å². The molecule has 0 atom stereocenters. The minimum atomic E-state index is 0. The van der Waals surface area contributed by atoms with Gasteiger partial charge in [0, 0.05) is 26.3 Å². The van der Waals surface area contributed by atoms with Gasteiger partial charge in [0.05, 0.1) is 6.54 Å².